The maximum absolute atomic E-state index is 11.9. The smallest absolute Gasteiger partial charge is 0.293 e. The van der Waals surface area contributed by atoms with Gasteiger partial charge in [-0.15, -0.1) is 0 Å². The van der Waals surface area contributed by atoms with Crippen LogP contribution in [0.5, 0.6) is 0 Å². The van der Waals surface area contributed by atoms with Gasteiger partial charge in [0.05, 0.1) is 6.54 Å². The van der Waals surface area contributed by atoms with Crippen molar-refractivity contribution < 1.29 is 28.0 Å². The molecule has 9 heteroatoms. The molecule has 0 saturated heterocycles. The molecule has 0 radical (unpaired) electrons. The lowest BCUT2D eigenvalue weighted by Gasteiger charge is -2.23. The average molecular weight is 274 g/mol. The molecule has 0 aliphatic rings. The van der Waals surface area contributed by atoms with Crippen molar-refractivity contribution in [1.29, 1.82) is 0 Å². The topological polar surface area (TPSA) is 60.9 Å². The third-order valence-electron chi connectivity index (χ3n) is 1.76. The number of hydroxylamine groups is 2. The van der Waals surface area contributed by atoms with Crippen molar-refractivity contribution >= 4 is 19.4 Å². The molecule has 0 aliphatic carbocycles. The van der Waals surface area contributed by atoms with Crippen LogP contribution in [-0.4, -0.2) is 66.4 Å². The van der Waals surface area contributed by atoms with Crippen LogP contribution in [0.1, 0.15) is 0 Å². The second-order valence-electron chi connectivity index (χ2n) is 3.65. The van der Waals surface area contributed by atoms with E-state index in [0.29, 0.717) is 0 Å². The molecule has 0 aromatic carbocycles. The van der Waals surface area contributed by atoms with E-state index in [-0.39, 0.29) is 12.1 Å². The van der Waals surface area contributed by atoms with Gasteiger partial charge < -0.3 is 0 Å². The largest absolute Gasteiger partial charge is 0.473 e. The summed E-state index contributed by atoms with van der Waals surface area (Å²) >= 11 is 0. The lowest BCUT2D eigenvalue weighted by atomic mass is 10.5. The summed E-state index contributed by atoms with van der Waals surface area (Å²) in [5.41, 5.74) is -0.129. The van der Waals surface area contributed by atoms with Crippen LogP contribution >= 0.6 is 7.92 Å². The standard InChI is InChI=1S/C8H14F3N2O3P/c1-12(4-6(14)17(2)3)5-13(16)7(15)8(9,10)11/h16H,4-5H2,1-3H3. The van der Waals surface area contributed by atoms with Gasteiger partial charge in [-0.05, 0) is 28.3 Å². The maximum atomic E-state index is 11.9. The normalized spacial score (nSPS) is 12.1. The minimum absolute atomic E-state index is 0.110. The van der Waals surface area contributed by atoms with E-state index in [1.165, 1.54) is 7.05 Å². The molecule has 0 unspecified atom stereocenters. The van der Waals surface area contributed by atoms with Gasteiger partial charge in [-0.2, -0.15) is 13.2 Å². The Morgan fingerprint density at radius 1 is 1.29 bits per heavy atom. The summed E-state index contributed by atoms with van der Waals surface area (Å²) in [4.78, 5) is 23.0. The molecule has 0 atom stereocenters. The second-order valence-corrected chi connectivity index (χ2v) is 5.93. The number of carbonyl (C=O) groups is 2. The lowest BCUT2D eigenvalue weighted by molar-refractivity contribution is -0.221. The summed E-state index contributed by atoms with van der Waals surface area (Å²) in [7, 11) is 0.492. The van der Waals surface area contributed by atoms with Gasteiger partial charge in [-0.3, -0.25) is 19.7 Å². The zero-order valence-electron chi connectivity index (χ0n) is 9.65. The van der Waals surface area contributed by atoms with Crippen LogP contribution in [0.15, 0.2) is 0 Å². The van der Waals surface area contributed by atoms with Crippen LogP contribution in [0.3, 0.4) is 0 Å². The Morgan fingerprint density at radius 3 is 2.12 bits per heavy atom. The molecular weight excluding hydrogens is 260 g/mol. The lowest BCUT2D eigenvalue weighted by Crippen LogP contribution is -2.45. The van der Waals surface area contributed by atoms with Gasteiger partial charge in [-0.25, -0.2) is 5.06 Å². The molecule has 0 bridgehead atoms. The second kappa shape index (κ2) is 6.28. The molecule has 0 aromatic heterocycles. The zero-order chi connectivity index (χ0) is 13.8. The van der Waals surface area contributed by atoms with Crippen LogP contribution < -0.4 is 0 Å². The summed E-state index contributed by atoms with van der Waals surface area (Å²) in [6, 6.07) is 0. The summed E-state index contributed by atoms with van der Waals surface area (Å²) in [6.45, 7) is 2.64. The third kappa shape index (κ3) is 5.95. The van der Waals surface area contributed by atoms with Gasteiger partial charge in [0.25, 0.3) is 0 Å². The van der Waals surface area contributed by atoms with Gasteiger partial charge in [0.1, 0.15) is 6.67 Å². The molecule has 0 rings (SSSR count). The Balaban J connectivity index is 4.26. The number of likely N-dealkylation sites (N-methyl/N-ethyl adjacent to an activating group) is 1. The van der Waals surface area contributed by atoms with Crippen molar-refractivity contribution in [3.8, 4) is 0 Å². The van der Waals surface area contributed by atoms with E-state index in [1.54, 1.807) is 13.3 Å². The van der Waals surface area contributed by atoms with Crippen molar-refractivity contribution in [3.05, 3.63) is 0 Å². The molecule has 1 N–H and O–H groups in total. The number of nitrogens with zero attached hydrogens (tertiary/aromatic N) is 2. The van der Waals surface area contributed by atoms with Crippen LogP contribution in [-0.2, 0) is 9.59 Å². The first kappa shape index (κ1) is 16.3. The highest BCUT2D eigenvalue weighted by atomic mass is 31.1. The minimum atomic E-state index is -5.12. The number of alkyl halides is 3. The molecule has 17 heavy (non-hydrogen) atoms. The molecule has 0 aliphatic heterocycles. The van der Waals surface area contributed by atoms with Crippen molar-refractivity contribution in [2.45, 2.75) is 6.18 Å². The van der Waals surface area contributed by atoms with Crippen LogP contribution in [0.4, 0.5) is 13.2 Å². The molecule has 0 fully saturated rings. The van der Waals surface area contributed by atoms with Crippen LogP contribution in [0.25, 0.3) is 0 Å². The van der Waals surface area contributed by atoms with E-state index >= 15 is 0 Å². The van der Waals surface area contributed by atoms with E-state index in [2.05, 4.69) is 0 Å². The molecule has 0 saturated carbocycles. The maximum Gasteiger partial charge on any atom is 0.473 e. The van der Waals surface area contributed by atoms with E-state index in [0.717, 1.165) is 4.90 Å². The van der Waals surface area contributed by atoms with E-state index in [4.69, 9.17) is 5.21 Å². The summed E-state index contributed by atoms with van der Waals surface area (Å²) in [5, 5.41) is 8.43. The summed E-state index contributed by atoms with van der Waals surface area (Å²) in [6.07, 6.45) is -5.12. The number of halogens is 3. The fourth-order valence-electron chi connectivity index (χ4n) is 0.862. The monoisotopic (exact) mass is 274 g/mol. The number of amides is 1. The molecule has 100 valence electrons. The fraction of sp³-hybridized carbons (Fsp3) is 0.750. The number of rotatable bonds is 5. The highest BCUT2D eigenvalue weighted by Crippen LogP contribution is 2.25. The SMILES string of the molecule is CN(CC(=O)P(C)C)CN(O)C(=O)C(F)(F)F. The predicted octanol–water partition coefficient (Wildman–Crippen LogP) is 0.924. The van der Waals surface area contributed by atoms with Gasteiger partial charge in [0.15, 0.2) is 5.52 Å². The molecule has 0 heterocycles. The highest BCUT2D eigenvalue weighted by Gasteiger charge is 2.42. The number of hydrogen-bond donors (Lipinski definition) is 1. The molecular formula is C8H14F3N2O3P. The van der Waals surface area contributed by atoms with E-state index in [1.807, 2.05) is 0 Å². The van der Waals surface area contributed by atoms with Gasteiger partial charge in [-0.1, -0.05) is 0 Å². The molecule has 1 amide bonds. The summed E-state index contributed by atoms with van der Waals surface area (Å²) < 4.78 is 35.7. The van der Waals surface area contributed by atoms with Crippen molar-refractivity contribution in [2.24, 2.45) is 0 Å². The Hall–Kier alpha value is -0.720. The van der Waals surface area contributed by atoms with Crippen molar-refractivity contribution in [1.82, 2.24) is 9.96 Å². The third-order valence-corrected chi connectivity index (χ3v) is 2.90. The first-order valence-electron chi connectivity index (χ1n) is 4.52. The van der Waals surface area contributed by atoms with Gasteiger partial charge in [0.2, 0.25) is 0 Å². The van der Waals surface area contributed by atoms with Gasteiger partial charge >= 0.3 is 12.1 Å². The molecule has 0 spiro atoms. The predicted molar refractivity (Wildman–Crippen MR) is 56.0 cm³/mol. The van der Waals surface area contributed by atoms with Crippen molar-refractivity contribution in [3.63, 3.8) is 0 Å². The zero-order valence-corrected chi connectivity index (χ0v) is 10.5. The van der Waals surface area contributed by atoms with E-state index < -0.39 is 31.7 Å². The Labute approximate surface area is 97.9 Å². The minimum Gasteiger partial charge on any atom is -0.293 e. The number of hydrogen-bond acceptors (Lipinski definition) is 4. The number of carbonyl (C=O) groups excluding carboxylic acids is 2. The van der Waals surface area contributed by atoms with E-state index in [9.17, 15) is 22.8 Å². The van der Waals surface area contributed by atoms with Crippen molar-refractivity contribution in [2.75, 3.05) is 33.6 Å². The molecule has 0 aromatic rings. The van der Waals surface area contributed by atoms with Crippen LogP contribution in [0.2, 0.25) is 0 Å². The van der Waals surface area contributed by atoms with Gasteiger partial charge in [0, 0.05) is 0 Å². The molecule has 5 nitrogen and oxygen atoms in total. The Kier molecular flexibility index (Phi) is 6.01. The van der Waals surface area contributed by atoms with Crippen LogP contribution in [0, 0.1) is 0 Å². The Bertz CT molecular complexity index is 296. The quantitative estimate of drug-likeness (QED) is 0.350. The Morgan fingerprint density at radius 2 is 1.76 bits per heavy atom. The highest BCUT2D eigenvalue weighted by molar-refractivity contribution is 7.73. The summed E-state index contributed by atoms with van der Waals surface area (Å²) in [5.74, 6) is -2.35. The fourth-order valence-corrected chi connectivity index (χ4v) is 1.39. The average Bonchev–Trinajstić information content (AvgIpc) is 2.14. The first-order valence-corrected chi connectivity index (χ1v) is 6.75. The first-order chi connectivity index (χ1) is 7.55.